The second-order valence-electron chi connectivity index (χ2n) is 3.20. The van der Waals surface area contributed by atoms with Gasteiger partial charge in [-0.3, -0.25) is 0 Å². The highest BCUT2D eigenvalue weighted by atomic mass is 79.9. The Balaban J connectivity index is 2.76. The van der Waals surface area contributed by atoms with Crippen molar-refractivity contribution in [2.24, 2.45) is 0 Å². The van der Waals surface area contributed by atoms with Gasteiger partial charge in [-0.2, -0.15) is 13.2 Å². The first-order chi connectivity index (χ1) is 7.45. The summed E-state index contributed by atoms with van der Waals surface area (Å²) in [5.74, 6) is 0. The minimum atomic E-state index is -4.32. The van der Waals surface area contributed by atoms with Gasteiger partial charge in [0.15, 0.2) is 0 Å². The maximum atomic E-state index is 12.3. The fourth-order valence-corrected chi connectivity index (χ4v) is 1.69. The topological polar surface area (TPSA) is 32.3 Å². The maximum absolute atomic E-state index is 12.3. The molecule has 0 aliphatic carbocycles. The molecule has 0 amide bonds. The summed E-state index contributed by atoms with van der Waals surface area (Å²) in [6.45, 7) is 0.824. The van der Waals surface area contributed by atoms with Gasteiger partial charge in [-0.15, -0.1) is 0 Å². The van der Waals surface area contributed by atoms with Crippen molar-refractivity contribution < 1.29 is 18.3 Å². The average Bonchev–Trinajstić information content (AvgIpc) is 2.19. The zero-order valence-electron chi connectivity index (χ0n) is 8.31. The summed E-state index contributed by atoms with van der Waals surface area (Å²) in [6.07, 6.45) is -4.32. The molecule has 0 bridgehead atoms. The van der Waals surface area contributed by atoms with E-state index >= 15 is 0 Å². The number of alkyl halides is 3. The fraction of sp³-hybridized carbons (Fsp3) is 0.400. The van der Waals surface area contributed by atoms with Crippen LogP contribution in [0.15, 0.2) is 22.7 Å². The monoisotopic (exact) mass is 297 g/mol. The van der Waals surface area contributed by atoms with E-state index in [1.165, 1.54) is 6.07 Å². The molecule has 0 saturated heterocycles. The molecule has 0 heterocycles. The third kappa shape index (κ3) is 3.77. The predicted octanol–water partition coefficient (Wildman–Crippen LogP) is 2.55. The standard InChI is InChI=1S/C10H11BrF3NO/c11-9-5-8(10(12,13)14)2-1-7(9)6-15-3-4-16/h1-2,5,15-16H,3-4,6H2. The molecule has 0 fully saturated rings. The summed E-state index contributed by atoms with van der Waals surface area (Å²) in [4.78, 5) is 0. The van der Waals surface area contributed by atoms with E-state index in [1.54, 1.807) is 0 Å². The Morgan fingerprint density at radius 2 is 2.00 bits per heavy atom. The molecular formula is C10H11BrF3NO. The van der Waals surface area contributed by atoms with Crippen LogP contribution in [-0.2, 0) is 12.7 Å². The quantitative estimate of drug-likeness (QED) is 0.837. The molecule has 0 atom stereocenters. The Morgan fingerprint density at radius 1 is 1.31 bits per heavy atom. The number of halogens is 4. The summed E-state index contributed by atoms with van der Waals surface area (Å²) in [7, 11) is 0. The van der Waals surface area contributed by atoms with Crippen LogP contribution < -0.4 is 5.32 Å². The van der Waals surface area contributed by atoms with Gasteiger partial charge in [0.25, 0.3) is 0 Å². The molecule has 0 spiro atoms. The van der Waals surface area contributed by atoms with Gasteiger partial charge in [0.2, 0.25) is 0 Å². The molecule has 0 radical (unpaired) electrons. The Hall–Kier alpha value is -0.590. The van der Waals surface area contributed by atoms with Crippen LogP contribution in [0.4, 0.5) is 13.2 Å². The van der Waals surface area contributed by atoms with Crippen molar-refractivity contribution in [3.8, 4) is 0 Å². The van der Waals surface area contributed by atoms with Gasteiger partial charge < -0.3 is 10.4 Å². The van der Waals surface area contributed by atoms with E-state index in [9.17, 15) is 13.2 Å². The molecule has 1 aromatic carbocycles. The zero-order chi connectivity index (χ0) is 12.2. The van der Waals surface area contributed by atoms with Crippen molar-refractivity contribution in [2.45, 2.75) is 12.7 Å². The van der Waals surface area contributed by atoms with Gasteiger partial charge >= 0.3 is 6.18 Å². The molecule has 16 heavy (non-hydrogen) atoms. The number of hydrogen-bond donors (Lipinski definition) is 2. The van der Waals surface area contributed by atoms with Crippen LogP contribution in [0, 0.1) is 0 Å². The molecule has 2 nitrogen and oxygen atoms in total. The van der Waals surface area contributed by atoms with E-state index in [2.05, 4.69) is 21.2 Å². The first-order valence-corrected chi connectivity index (χ1v) is 5.41. The van der Waals surface area contributed by atoms with Gasteiger partial charge in [-0.1, -0.05) is 22.0 Å². The first-order valence-electron chi connectivity index (χ1n) is 4.62. The molecule has 1 rings (SSSR count). The number of aliphatic hydroxyl groups excluding tert-OH is 1. The minimum Gasteiger partial charge on any atom is -0.395 e. The van der Waals surface area contributed by atoms with Crippen LogP contribution in [0.5, 0.6) is 0 Å². The van der Waals surface area contributed by atoms with Crippen molar-refractivity contribution in [1.82, 2.24) is 5.32 Å². The third-order valence-electron chi connectivity index (χ3n) is 1.98. The van der Waals surface area contributed by atoms with E-state index in [0.717, 1.165) is 17.7 Å². The summed E-state index contributed by atoms with van der Waals surface area (Å²) in [5.41, 5.74) is 0.0479. The number of rotatable bonds is 4. The summed E-state index contributed by atoms with van der Waals surface area (Å²) >= 11 is 3.09. The smallest absolute Gasteiger partial charge is 0.395 e. The lowest BCUT2D eigenvalue weighted by Crippen LogP contribution is -2.18. The van der Waals surface area contributed by atoms with Crippen molar-refractivity contribution in [3.63, 3.8) is 0 Å². The normalized spacial score (nSPS) is 11.8. The third-order valence-corrected chi connectivity index (χ3v) is 2.72. The molecule has 6 heteroatoms. The summed E-state index contributed by atoms with van der Waals surface area (Å²) in [6, 6.07) is 3.51. The summed E-state index contributed by atoms with van der Waals surface area (Å²) < 4.78 is 37.4. The molecule has 1 aromatic rings. The molecule has 90 valence electrons. The minimum absolute atomic E-state index is 0.00173. The van der Waals surface area contributed by atoms with E-state index in [0.29, 0.717) is 17.6 Å². The second-order valence-corrected chi connectivity index (χ2v) is 4.06. The van der Waals surface area contributed by atoms with Gasteiger partial charge in [-0.25, -0.2) is 0 Å². The van der Waals surface area contributed by atoms with Crippen molar-refractivity contribution >= 4 is 15.9 Å². The maximum Gasteiger partial charge on any atom is 0.416 e. The van der Waals surface area contributed by atoms with Crippen LogP contribution in [-0.4, -0.2) is 18.3 Å². The molecule has 0 aromatic heterocycles. The van der Waals surface area contributed by atoms with Gasteiger partial charge in [0.05, 0.1) is 12.2 Å². The van der Waals surface area contributed by atoms with Crippen molar-refractivity contribution in [1.29, 1.82) is 0 Å². The SMILES string of the molecule is OCCNCc1ccc(C(F)(F)F)cc1Br. The number of nitrogens with one attached hydrogen (secondary N) is 1. The molecule has 2 N–H and O–H groups in total. The van der Waals surface area contributed by atoms with Crippen molar-refractivity contribution in [3.05, 3.63) is 33.8 Å². The average molecular weight is 298 g/mol. The number of benzene rings is 1. The van der Waals surface area contributed by atoms with E-state index in [1.807, 2.05) is 0 Å². The molecule has 0 saturated carbocycles. The Kier molecular flexibility index (Phi) is 4.76. The molecule has 0 aliphatic heterocycles. The van der Waals surface area contributed by atoms with Crippen LogP contribution in [0.1, 0.15) is 11.1 Å². The highest BCUT2D eigenvalue weighted by molar-refractivity contribution is 9.10. The van der Waals surface area contributed by atoms with Gasteiger partial charge in [-0.05, 0) is 17.7 Å². The van der Waals surface area contributed by atoms with Gasteiger partial charge in [0.1, 0.15) is 0 Å². The van der Waals surface area contributed by atoms with E-state index < -0.39 is 11.7 Å². The fourth-order valence-electron chi connectivity index (χ4n) is 1.17. The van der Waals surface area contributed by atoms with Crippen molar-refractivity contribution in [2.75, 3.05) is 13.2 Å². The van der Waals surface area contributed by atoms with Crippen LogP contribution >= 0.6 is 15.9 Å². The lowest BCUT2D eigenvalue weighted by molar-refractivity contribution is -0.137. The largest absolute Gasteiger partial charge is 0.416 e. The first kappa shape index (κ1) is 13.5. The second kappa shape index (κ2) is 5.65. The Labute approximate surface area is 99.6 Å². The van der Waals surface area contributed by atoms with Gasteiger partial charge in [0, 0.05) is 17.6 Å². The predicted molar refractivity (Wildman–Crippen MR) is 57.9 cm³/mol. The van der Waals surface area contributed by atoms with E-state index in [4.69, 9.17) is 5.11 Å². The van der Waals surface area contributed by atoms with Crippen LogP contribution in [0.2, 0.25) is 0 Å². The Bertz CT molecular complexity index is 354. The highest BCUT2D eigenvalue weighted by Gasteiger charge is 2.30. The van der Waals surface area contributed by atoms with Crippen LogP contribution in [0.3, 0.4) is 0 Å². The lowest BCUT2D eigenvalue weighted by Gasteiger charge is -2.10. The lowest BCUT2D eigenvalue weighted by atomic mass is 10.1. The zero-order valence-corrected chi connectivity index (χ0v) is 9.90. The number of aliphatic hydroxyl groups is 1. The number of hydrogen-bond acceptors (Lipinski definition) is 2. The van der Waals surface area contributed by atoms with Crippen LogP contribution in [0.25, 0.3) is 0 Å². The summed E-state index contributed by atoms with van der Waals surface area (Å²) in [5, 5.41) is 11.4. The highest BCUT2D eigenvalue weighted by Crippen LogP contribution is 2.32. The Morgan fingerprint density at radius 3 is 2.50 bits per heavy atom. The molecular weight excluding hydrogens is 287 g/mol. The molecule has 0 unspecified atom stereocenters. The van der Waals surface area contributed by atoms with E-state index in [-0.39, 0.29) is 6.61 Å². The molecule has 0 aliphatic rings.